The summed E-state index contributed by atoms with van der Waals surface area (Å²) < 4.78 is 5.25. The Morgan fingerprint density at radius 3 is 2.44 bits per heavy atom. The number of carbonyl (C=O) groups is 1. The number of nitrogens with one attached hydrogen (secondary N) is 1. The third-order valence-electron chi connectivity index (χ3n) is 2.77. The van der Waals surface area contributed by atoms with E-state index in [4.69, 9.17) is 11.2 Å². The fraction of sp³-hybridized carbons (Fsp3) is 0.769. The van der Waals surface area contributed by atoms with Crippen LogP contribution < -0.4 is 5.32 Å². The number of carbonyl (C=O) groups excluding carboxylic acids is 1. The van der Waals surface area contributed by atoms with Crippen LogP contribution >= 0.6 is 0 Å². The van der Waals surface area contributed by atoms with E-state index in [0.717, 1.165) is 25.7 Å². The molecule has 3 heteroatoms. The first-order valence-corrected chi connectivity index (χ1v) is 5.82. The van der Waals surface area contributed by atoms with Gasteiger partial charge in [-0.25, -0.2) is 4.79 Å². The number of alkyl carbamates (subject to hydrolysis) is 1. The predicted molar refractivity (Wildman–Crippen MR) is 64.0 cm³/mol. The van der Waals surface area contributed by atoms with Gasteiger partial charge in [0, 0.05) is 6.42 Å². The van der Waals surface area contributed by atoms with Crippen LogP contribution in [0.5, 0.6) is 0 Å². The minimum Gasteiger partial charge on any atom is -0.444 e. The van der Waals surface area contributed by atoms with Crippen molar-refractivity contribution in [3.05, 3.63) is 0 Å². The Morgan fingerprint density at radius 2 is 2.00 bits per heavy atom. The minimum absolute atomic E-state index is 0.225. The van der Waals surface area contributed by atoms with E-state index in [2.05, 4.69) is 11.2 Å². The van der Waals surface area contributed by atoms with E-state index in [1.54, 1.807) is 0 Å². The molecule has 0 aliphatic heterocycles. The molecule has 3 nitrogen and oxygen atoms in total. The maximum atomic E-state index is 11.7. The van der Waals surface area contributed by atoms with Crippen LogP contribution in [0.3, 0.4) is 0 Å². The normalized spacial score (nSPS) is 18.9. The van der Waals surface area contributed by atoms with E-state index in [1.807, 2.05) is 20.8 Å². The summed E-state index contributed by atoms with van der Waals surface area (Å²) in [6.07, 6.45) is 9.74. The van der Waals surface area contributed by atoms with Crippen molar-refractivity contribution in [1.29, 1.82) is 0 Å². The van der Waals surface area contributed by atoms with Crippen molar-refractivity contribution < 1.29 is 9.53 Å². The van der Waals surface area contributed by atoms with Gasteiger partial charge in [0.1, 0.15) is 5.60 Å². The molecule has 0 aromatic heterocycles. The molecule has 0 radical (unpaired) electrons. The molecule has 1 N–H and O–H groups in total. The molecule has 0 spiro atoms. The van der Waals surface area contributed by atoms with Crippen LogP contribution in [0.4, 0.5) is 4.79 Å². The van der Waals surface area contributed by atoms with E-state index < -0.39 is 5.60 Å². The highest BCUT2D eigenvalue weighted by Crippen LogP contribution is 2.32. The van der Waals surface area contributed by atoms with Gasteiger partial charge in [-0.05, 0) is 33.6 Å². The summed E-state index contributed by atoms with van der Waals surface area (Å²) in [5.41, 5.74) is -0.683. The van der Waals surface area contributed by atoms with E-state index >= 15 is 0 Å². The van der Waals surface area contributed by atoms with Gasteiger partial charge < -0.3 is 10.1 Å². The molecular formula is C13H21NO2. The van der Waals surface area contributed by atoms with E-state index in [1.165, 1.54) is 0 Å². The molecule has 0 unspecified atom stereocenters. The second-order valence-corrected chi connectivity index (χ2v) is 5.50. The highest BCUT2D eigenvalue weighted by atomic mass is 16.6. The fourth-order valence-electron chi connectivity index (χ4n) is 2.11. The molecule has 0 saturated heterocycles. The molecule has 0 bridgehead atoms. The van der Waals surface area contributed by atoms with Gasteiger partial charge in [0.25, 0.3) is 0 Å². The number of terminal acetylenes is 1. The monoisotopic (exact) mass is 223 g/mol. The van der Waals surface area contributed by atoms with Gasteiger partial charge in [-0.15, -0.1) is 12.3 Å². The Hall–Kier alpha value is -1.17. The van der Waals surface area contributed by atoms with Crippen molar-refractivity contribution in [2.45, 2.75) is 64.0 Å². The van der Waals surface area contributed by atoms with Crippen LogP contribution in [-0.4, -0.2) is 17.2 Å². The first kappa shape index (κ1) is 12.9. The molecule has 1 rings (SSSR count). The lowest BCUT2D eigenvalue weighted by Gasteiger charge is -2.30. The van der Waals surface area contributed by atoms with Crippen LogP contribution in [0.25, 0.3) is 0 Å². The summed E-state index contributed by atoms with van der Waals surface area (Å²) in [6.45, 7) is 5.57. The zero-order chi connectivity index (χ0) is 12.2. The molecule has 0 aromatic carbocycles. The smallest absolute Gasteiger partial charge is 0.408 e. The van der Waals surface area contributed by atoms with Crippen LogP contribution in [0.15, 0.2) is 0 Å². The molecule has 90 valence electrons. The minimum atomic E-state index is -0.458. The lowest BCUT2D eigenvalue weighted by molar-refractivity contribution is 0.0459. The number of hydrogen-bond acceptors (Lipinski definition) is 2. The molecule has 1 fully saturated rings. The van der Waals surface area contributed by atoms with Crippen LogP contribution in [0, 0.1) is 12.3 Å². The zero-order valence-corrected chi connectivity index (χ0v) is 10.4. The fourth-order valence-corrected chi connectivity index (χ4v) is 2.11. The number of rotatable bonds is 2. The highest BCUT2D eigenvalue weighted by Gasteiger charge is 2.35. The van der Waals surface area contributed by atoms with Crippen molar-refractivity contribution in [2.24, 2.45) is 0 Å². The second kappa shape index (κ2) is 4.78. The number of hydrogen-bond donors (Lipinski definition) is 1. The molecule has 16 heavy (non-hydrogen) atoms. The van der Waals surface area contributed by atoms with Gasteiger partial charge in [-0.2, -0.15) is 0 Å². The number of amides is 1. The standard InChI is InChI=1S/C13H21NO2/c1-5-8-13(9-6-7-10-13)14-11(15)16-12(2,3)4/h1H,6-10H2,2-4H3,(H,14,15). The molecule has 0 aromatic rings. The third kappa shape index (κ3) is 3.77. The summed E-state index contributed by atoms with van der Waals surface area (Å²) in [4.78, 5) is 11.7. The van der Waals surface area contributed by atoms with Gasteiger partial charge in [-0.1, -0.05) is 12.8 Å². The molecule has 1 amide bonds. The van der Waals surface area contributed by atoms with E-state index in [0.29, 0.717) is 6.42 Å². The van der Waals surface area contributed by atoms with Gasteiger partial charge in [0.15, 0.2) is 0 Å². The van der Waals surface area contributed by atoms with Gasteiger partial charge in [-0.3, -0.25) is 0 Å². The Labute approximate surface area is 97.9 Å². The van der Waals surface area contributed by atoms with Gasteiger partial charge in [0.05, 0.1) is 5.54 Å². The van der Waals surface area contributed by atoms with E-state index in [9.17, 15) is 4.79 Å². The summed E-state index contributed by atoms with van der Waals surface area (Å²) in [7, 11) is 0. The first-order chi connectivity index (χ1) is 7.37. The van der Waals surface area contributed by atoms with Crippen molar-refractivity contribution in [2.75, 3.05) is 0 Å². The molecule has 1 aliphatic carbocycles. The third-order valence-corrected chi connectivity index (χ3v) is 2.77. The van der Waals surface area contributed by atoms with Crippen LogP contribution in [0.2, 0.25) is 0 Å². The Balaban J connectivity index is 2.56. The average Bonchev–Trinajstić information content (AvgIpc) is 2.49. The Bertz CT molecular complexity index is 290. The SMILES string of the molecule is C#CCC1(NC(=O)OC(C)(C)C)CCCC1. The van der Waals surface area contributed by atoms with Crippen LogP contribution in [0.1, 0.15) is 52.9 Å². The average molecular weight is 223 g/mol. The molecule has 1 aliphatic rings. The van der Waals surface area contributed by atoms with Crippen molar-refractivity contribution in [3.63, 3.8) is 0 Å². The molecule has 0 atom stereocenters. The van der Waals surface area contributed by atoms with Crippen molar-refractivity contribution >= 4 is 6.09 Å². The van der Waals surface area contributed by atoms with E-state index in [-0.39, 0.29) is 11.6 Å². The molecular weight excluding hydrogens is 202 g/mol. The largest absolute Gasteiger partial charge is 0.444 e. The summed E-state index contributed by atoms with van der Waals surface area (Å²) in [5, 5.41) is 2.95. The zero-order valence-electron chi connectivity index (χ0n) is 10.4. The molecule has 1 saturated carbocycles. The lowest BCUT2D eigenvalue weighted by atomic mass is 9.94. The Morgan fingerprint density at radius 1 is 1.44 bits per heavy atom. The maximum absolute atomic E-state index is 11.7. The van der Waals surface area contributed by atoms with Gasteiger partial charge >= 0.3 is 6.09 Å². The summed E-state index contributed by atoms with van der Waals surface area (Å²) in [6, 6.07) is 0. The van der Waals surface area contributed by atoms with Crippen molar-refractivity contribution in [1.82, 2.24) is 5.32 Å². The quantitative estimate of drug-likeness (QED) is 0.731. The van der Waals surface area contributed by atoms with Crippen LogP contribution in [-0.2, 0) is 4.74 Å². The first-order valence-electron chi connectivity index (χ1n) is 5.82. The molecule has 0 heterocycles. The highest BCUT2D eigenvalue weighted by molar-refractivity contribution is 5.69. The second-order valence-electron chi connectivity index (χ2n) is 5.50. The number of ether oxygens (including phenoxy) is 1. The summed E-state index contributed by atoms with van der Waals surface area (Å²) >= 11 is 0. The summed E-state index contributed by atoms with van der Waals surface area (Å²) in [5.74, 6) is 2.65. The Kier molecular flexibility index (Phi) is 3.85. The maximum Gasteiger partial charge on any atom is 0.408 e. The predicted octanol–water partition coefficient (Wildman–Crippen LogP) is 2.85. The van der Waals surface area contributed by atoms with Gasteiger partial charge in [0.2, 0.25) is 0 Å². The topological polar surface area (TPSA) is 38.3 Å². The van der Waals surface area contributed by atoms with Crippen molar-refractivity contribution in [3.8, 4) is 12.3 Å². The lowest BCUT2D eigenvalue weighted by Crippen LogP contribution is -2.48.